The van der Waals surface area contributed by atoms with Gasteiger partial charge < -0.3 is 10.1 Å². The number of rotatable bonds is 6. The van der Waals surface area contributed by atoms with Gasteiger partial charge in [0.25, 0.3) is 11.5 Å². The van der Waals surface area contributed by atoms with Crippen LogP contribution in [0, 0.1) is 19.7 Å². The molecule has 5 rings (SSSR count). The van der Waals surface area contributed by atoms with Crippen molar-refractivity contribution in [2.45, 2.75) is 20.4 Å². The Kier molecular flexibility index (Phi) is 6.42. The fourth-order valence-electron chi connectivity index (χ4n) is 4.50. The molecule has 0 unspecified atom stereocenters. The molecule has 2 heterocycles. The van der Waals surface area contributed by atoms with E-state index in [0.29, 0.717) is 28.3 Å². The summed E-state index contributed by atoms with van der Waals surface area (Å²) in [4.78, 5) is 40.6. The summed E-state index contributed by atoms with van der Waals surface area (Å²) < 4.78 is 20.2. The number of urea groups is 1. The van der Waals surface area contributed by atoms with Crippen molar-refractivity contribution in [1.82, 2.24) is 20.0 Å². The topological polar surface area (TPSA) is 96.4 Å². The van der Waals surface area contributed by atoms with Crippen molar-refractivity contribution in [1.29, 1.82) is 0 Å². The van der Waals surface area contributed by atoms with Crippen molar-refractivity contribution >= 4 is 18.0 Å². The van der Waals surface area contributed by atoms with Crippen LogP contribution in [-0.2, 0) is 11.3 Å². The third-order valence-electron chi connectivity index (χ3n) is 6.40. The fraction of sp³-hybridized carbons (Fsp3) is 0.138. The number of amides is 3. The van der Waals surface area contributed by atoms with Crippen LogP contribution in [0.2, 0.25) is 0 Å². The quantitative estimate of drug-likeness (QED) is 0.289. The number of ether oxygens (including phenoxy) is 1. The molecule has 1 saturated heterocycles. The van der Waals surface area contributed by atoms with Crippen LogP contribution in [0.15, 0.2) is 77.2 Å². The van der Waals surface area contributed by atoms with Gasteiger partial charge in [-0.25, -0.2) is 13.9 Å². The van der Waals surface area contributed by atoms with Gasteiger partial charge in [0.1, 0.15) is 17.3 Å². The molecule has 0 spiro atoms. The van der Waals surface area contributed by atoms with Crippen molar-refractivity contribution in [3.8, 4) is 22.7 Å². The van der Waals surface area contributed by atoms with E-state index in [1.54, 1.807) is 12.1 Å². The number of hydrogen-bond donors (Lipinski definition) is 2. The second-order valence-corrected chi connectivity index (χ2v) is 9.04. The van der Waals surface area contributed by atoms with E-state index < -0.39 is 23.3 Å². The monoisotopic (exact) mass is 512 g/mol. The molecule has 1 aliphatic rings. The predicted octanol–water partition coefficient (Wildman–Crippen LogP) is 4.69. The lowest BCUT2D eigenvalue weighted by atomic mass is 10.1. The van der Waals surface area contributed by atoms with Gasteiger partial charge in [0.2, 0.25) is 0 Å². The number of halogens is 1. The predicted molar refractivity (Wildman–Crippen MR) is 141 cm³/mol. The van der Waals surface area contributed by atoms with Gasteiger partial charge in [-0.05, 0) is 61.4 Å². The summed E-state index contributed by atoms with van der Waals surface area (Å²) in [5.41, 5.74) is 3.96. The highest BCUT2D eigenvalue weighted by atomic mass is 19.1. The maximum absolute atomic E-state index is 13.8. The number of aryl methyl sites for hydroxylation is 2. The van der Waals surface area contributed by atoms with Crippen LogP contribution in [0.4, 0.5) is 9.18 Å². The maximum Gasteiger partial charge on any atom is 0.329 e. The first-order valence-corrected chi connectivity index (χ1v) is 11.9. The summed E-state index contributed by atoms with van der Waals surface area (Å²) in [6, 6.07) is 17.8. The summed E-state index contributed by atoms with van der Waals surface area (Å²) >= 11 is 0. The van der Waals surface area contributed by atoms with Crippen LogP contribution < -0.4 is 15.6 Å². The first-order chi connectivity index (χ1) is 18.3. The summed E-state index contributed by atoms with van der Waals surface area (Å²) in [6.07, 6.45) is 1.38. The average molecular weight is 513 g/mol. The van der Waals surface area contributed by atoms with Crippen LogP contribution in [0.25, 0.3) is 23.0 Å². The minimum absolute atomic E-state index is 0.0401. The number of aromatic nitrogens is 2. The molecular formula is C29H25FN4O4. The molecule has 8 nitrogen and oxygen atoms in total. The van der Waals surface area contributed by atoms with E-state index in [1.165, 1.54) is 42.1 Å². The number of methoxy groups -OCH3 is 1. The second kappa shape index (κ2) is 9.85. The normalized spacial score (nSPS) is 14.3. The van der Waals surface area contributed by atoms with Gasteiger partial charge in [-0.2, -0.15) is 0 Å². The number of carbonyl (C=O) groups excluding carboxylic acids is 2. The minimum Gasteiger partial charge on any atom is -0.496 e. The van der Waals surface area contributed by atoms with Gasteiger partial charge in [-0.3, -0.25) is 19.6 Å². The van der Waals surface area contributed by atoms with Gasteiger partial charge in [-0.15, -0.1) is 0 Å². The molecule has 38 heavy (non-hydrogen) atoms. The third-order valence-corrected chi connectivity index (χ3v) is 6.40. The number of carbonyl (C=O) groups is 2. The van der Waals surface area contributed by atoms with Crippen LogP contribution in [0.3, 0.4) is 0 Å². The molecule has 3 aromatic carbocycles. The number of benzene rings is 3. The van der Waals surface area contributed by atoms with Gasteiger partial charge in [0, 0.05) is 5.56 Å². The molecule has 1 aromatic heterocycles. The van der Waals surface area contributed by atoms with Gasteiger partial charge in [0.05, 0.1) is 30.6 Å². The number of imide groups is 1. The molecule has 0 radical (unpaired) electrons. The lowest BCUT2D eigenvalue weighted by molar-refractivity contribution is -0.123. The summed E-state index contributed by atoms with van der Waals surface area (Å²) in [5.74, 6) is -0.479. The molecule has 3 amide bonds. The number of hydrogen-bond acceptors (Lipinski definition) is 4. The smallest absolute Gasteiger partial charge is 0.329 e. The summed E-state index contributed by atoms with van der Waals surface area (Å²) in [6.45, 7) is 3.84. The van der Waals surface area contributed by atoms with E-state index in [-0.39, 0.29) is 17.8 Å². The van der Waals surface area contributed by atoms with E-state index in [9.17, 15) is 18.8 Å². The van der Waals surface area contributed by atoms with Crippen molar-refractivity contribution in [2.24, 2.45) is 0 Å². The van der Waals surface area contributed by atoms with E-state index in [1.807, 2.05) is 44.2 Å². The molecule has 2 N–H and O–H groups in total. The van der Waals surface area contributed by atoms with Crippen molar-refractivity contribution in [3.05, 3.63) is 111 Å². The molecule has 1 aliphatic heterocycles. The minimum atomic E-state index is -0.630. The van der Waals surface area contributed by atoms with Crippen LogP contribution in [-0.4, -0.2) is 33.7 Å². The standard InChI is InChI=1S/C29H25FN4O4/c1-17-8-13-24(18(2)14-17)34-27(35)22(26(32-34)21-6-4-5-7-25(21)38-3)15-23-28(36)33(29(37)31-23)16-19-9-11-20(30)12-10-19/h4-15,32H,16H2,1-3H3,(H,31,37)/b23-15-. The van der Waals surface area contributed by atoms with Crippen LogP contribution >= 0.6 is 0 Å². The maximum atomic E-state index is 13.8. The third kappa shape index (κ3) is 4.50. The van der Waals surface area contributed by atoms with E-state index in [4.69, 9.17) is 4.74 Å². The zero-order valence-electron chi connectivity index (χ0n) is 21.0. The van der Waals surface area contributed by atoms with Gasteiger partial charge >= 0.3 is 6.03 Å². The van der Waals surface area contributed by atoms with Crippen LogP contribution in [0.1, 0.15) is 22.3 Å². The largest absolute Gasteiger partial charge is 0.496 e. The Morgan fingerprint density at radius 3 is 2.42 bits per heavy atom. The van der Waals surface area contributed by atoms with E-state index in [0.717, 1.165) is 16.0 Å². The number of aromatic amines is 1. The molecular weight excluding hydrogens is 487 g/mol. The molecule has 0 aliphatic carbocycles. The Morgan fingerprint density at radius 1 is 0.974 bits per heavy atom. The molecule has 9 heteroatoms. The number of para-hydroxylation sites is 1. The first-order valence-electron chi connectivity index (χ1n) is 11.9. The molecule has 0 atom stereocenters. The summed E-state index contributed by atoms with van der Waals surface area (Å²) in [7, 11) is 1.53. The highest BCUT2D eigenvalue weighted by Gasteiger charge is 2.34. The zero-order valence-corrected chi connectivity index (χ0v) is 21.0. The Bertz CT molecular complexity index is 1650. The Hall–Kier alpha value is -4.92. The number of nitrogens with one attached hydrogen (secondary N) is 2. The van der Waals surface area contributed by atoms with E-state index in [2.05, 4.69) is 10.4 Å². The Labute approximate surface area is 218 Å². The molecule has 192 valence electrons. The van der Waals surface area contributed by atoms with E-state index >= 15 is 0 Å². The second-order valence-electron chi connectivity index (χ2n) is 9.04. The number of nitrogens with zero attached hydrogens (tertiary/aromatic N) is 2. The molecule has 0 saturated carbocycles. The van der Waals surface area contributed by atoms with Gasteiger partial charge in [0.15, 0.2) is 0 Å². The lowest BCUT2D eigenvalue weighted by Gasteiger charge is -2.11. The average Bonchev–Trinajstić information content (AvgIpc) is 3.36. The fourth-order valence-corrected chi connectivity index (χ4v) is 4.50. The highest BCUT2D eigenvalue weighted by molar-refractivity contribution is 6.14. The lowest BCUT2D eigenvalue weighted by Crippen LogP contribution is -2.30. The number of H-pyrrole nitrogens is 1. The van der Waals surface area contributed by atoms with Crippen molar-refractivity contribution < 1.29 is 18.7 Å². The molecule has 4 aromatic rings. The SMILES string of the molecule is COc1ccccc1-c1[nH]n(-c2ccc(C)cc2C)c(=O)c1/C=C1\NC(=O)N(Cc2ccc(F)cc2)C1=O. The molecule has 1 fully saturated rings. The van der Waals surface area contributed by atoms with Gasteiger partial charge in [-0.1, -0.05) is 42.0 Å². The zero-order chi connectivity index (χ0) is 27.0. The van der Waals surface area contributed by atoms with Crippen molar-refractivity contribution in [2.75, 3.05) is 7.11 Å². The van der Waals surface area contributed by atoms with Crippen LogP contribution in [0.5, 0.6) is 5.75 Å². The first kappa shape index (κ1) is 24.8. The van der Waals surface area contributed by atoms with Crippen molar-refractivity contribution in [3.63, 3.8) is 0 Å². The Balaban J connectivity index is 1.62. The summed E-state index contributed by atoms with van der Waals surface area (Å²) in [5, 5.41) is 5.75. The highest BCUT2D eigenvalue weighted by Crippen LogP contribution is 2.32. The molecule has 0 bridgehead atoms. The Morgan fingerprint density at radius 2 is 1.71 bits per heavy atom.